The quantitative estimate of drug-likeness (QED) is 0.229. The number of rotatable bonds is 5. The summed E-state index contributed by atoms with van der Waals surface area (Å²) in [6.45, 7) is 0. The van der Waals surface area contributed by atoms with E-state index >= 15 is 0 Å². The third-order valence-electron chi connectivity index (χ3n) is 8.91. The van der Waals surface area contributed by atoms with Crippen LogP contribution in [0.1, 0.15) is 0 Å². The van der Waals surface area contributed by atoms with Gasteiger partial charge in [0.05, 0.1) is 11.0 Å². The molecule has 0 radical (unpaired) electrons. The van der Waals surface area contributed by atoms with E-state index in [1.165, 1.54) is 21.2 Å². The zero-order chi connectivity index (χ0) is 30.5. The molecular formula is C40H27N5Si. The monoisotopic (exact) mass is 605 g/mol. The van der Waals surface area contributed by atoms with Gasteiger partial charge in [-0.1, -0.05) is 140 Å². The van der Waals surface area contributed by atoms with Crippen LogP contribution in [0, 0.1) is 0 Å². The lowest BCUT2D eigenvalue weighted by Crippen LogP contribution is -2.73. The molecule has 216 valence electrons. The summed E-state index contributed by atoms with van der Waals surface area (Å²) in [5, 5.41) is 4.00. The Morgan fingerprint density at radius 3 is 1.46 bits per heavy atom. The van der Waals surface area contributed by atoms with E-state index in [4.69, 9.17) is 19.9 Å². The van der Waals surface area contributed by atoms with Gasteiger partial charge >= 0.3 is 0 Å². The van der Waals surface area contributed by atoms with E-state index in [9.17, 15) is 0 Å². The van der Waals surface area contributed by atoms with E-state index in [1.54, 1.807) is 0 Å². The van der Waals surface area contributed by atoms with Gasteiger partial charge in [0.1, 0.15) is 5.45 Å². The number of nitrogens with zero attached hydrogens (tertiary/aromatic N) is 5. The van der Waals surface area contributed by atoms with Crippen LogP contribution in [0.3, 0.4) is 0 Å². The maximum Gasteiger partial charge on any atom is 0.226 e. The fourth-order valence-corrected chi connectivity index (χ4v) is 11.8. The standard InChI is InChI=1S/C40H27N5Si/c1-5-15-28(16-6-1)37-42-38(29-17-7-2-8-18-29)44-39(43-37)30-25-26-34-33(27-30)41-40-45(34)35-23-13-14-24-36(35)46(40,31-19-9-3-10-20-31)32-21-11-4-12-22-32/h1-27H. The zero-order valence-corrected chi connectivity index (χ0v) is 25.8. The third-order valence-corrected chi connectivity index (χ3v) is 13.5. The molecule has 0 bridgehead atoms. The second-order valence-corrected chi connectivity index (χ2v) is 15.2. The Kier molecular flexibility index (Phi) is 6.08. The van der Waals surface area contributed by atoms with Crippen LogP contribution in [-0.2, 0) is 0 Å². The molecular weight excluding hydrogens is 579 g/mol. The molecule has 46 heavy (non-hydrogen) atoms. The Morgan fingerprint density at radius 1 is 0.413 bits per heavy atom. The topological polar surface area (TPSA) is 56.5 Å². The highest BCUT2D eigenvalue weighted by Gasteiger charge is 2.51. The lowest BCUT2D eigenvalue weighted by atomic mass is 10.1. The third kappa shape index (κ3) is 4.01. The predicted octanol–water partition coefficient (Wildman–Crippen LogP) is 5.90. The van der Waals surface area contributed by atoms with Crippen LogP contribution in [0.25, 0.3) is 50.9 Å². The minimum Gasteiger partial charge on any atom is -0.299 e. The molecule has 8 aromatic rings. The second kappa shape index (κ2) is 10.6. The van der Waals surface area contributed by atoms with Gasteiger partial charge in [0.25, 0.3) is 0 Å². The van der Waals surface area contributed by atoms with Gasteiger partial charge in [-0.15, -0.1) is 0 Å². The van der Waals surface area contributed by atoms with Gasteiger partial charge < -0.3 is 0 Å². The average Bonchev–Trinajstić information content (AvgIpc) is 3.66. The molecule has 2 aromatic heterocycles. The SMILES string of the molecule is c1ccc(-c2nc(-c3ccccc3)nc(-c3ccc4c(c3)nc3n4-c4ccccc4[Si]3(c3ccccc3)c3ccccc3)n2)cc1. The molecule has 1 aliphatic rings. The first-order valence-corrected chi connectivity index (χ1v) is 17.4. The number of hydrogen-bond acceptors (Lipinski definition) is 4. The van der Waals surface area contributed by atoms with Crippen molar-refractivity contribution in [3.63, 3.8) is 0 Å². The molecule has 0 aliphatic carbocycles. The average molecular weight is 606 g/mol. The van der Waals surface area contributed by atoms with Gasteiger partial charge in [-0.25, -0.2) is 19.9 Å². The van der Waals surface area contributed by atoms with Crippen molar-refractivity contribution in [3.8, 4) is 39.9 Å². The highest BCUT2D eigenvalue weighted by Crippen LogP contribution is 2.30. The molecule has 1 aliphatic heterocycles. The van der Waals surface area contributed by atoms with Crippen molar-refractivity contribution in [2.75, 3.05) is 0 Å². The molecule has 6 heteroatoms. The fourth-order valence-electron chi connectivity index (χ4n) is 6.87. The maximum atomic E-state index is 5.52. The van der Waals surface area contributed by atoms with Crippen LogP contribution in [0.4, 0.5) is 0 Å². The van der Waals surface area contributed by atoms with E-state index in [1.807, 2.05) is 60.7 Å². The van der Waals surface area contributed by atoms with Crippen molar-refractivity contribution in [1.82, 2.24) is 24.5 Å². The summed E-state index contributed by atoms with van der Waals surface area (Å²) in [4.78, 5) is 20.4. The van der Waals surface area contributed by atoms with Gasteiger partial charge in [0.15, 0.2) is 17.5 Å². The Hall–Kier alpha value is -5.98. The Balaban J connectivity index is 1.28. The smallest absolute Gasteiger partial charge is 0.226 e. The Labute approximate surface area is 267 Å². The summed E-state index contributed by atoms with van der Waals surface area (Å²) in [6.07, 6.45) is 0. The van der Waals surface area contributed by atoms with Crippen molar-refractivity contribution in [2.24, 2.45) is 0 Å². The molecule has 0 saturated carbocycles. The van der Waals surface area contributed by atoms with Gasteiger partial charge in [0.2, 0.25) is 8.07 Å². The van der Waals surface area contributed by atoms with Crippen LogP contribution < -0.4 is 21.0 Å². The number of aromatic nitrogens is 5. The van der Waals surface area contributed by atoms with Crippen molar-refractivity contribution in [1.29, 1.82) is 0 Å². The minimum absolute atomic E-state index is 0.623. The Bertz CT molecular complexity index is 2260. The van der Waals surface area contributed by atoms with E-state index in [-0.39, 0.29) is 0 Å². The number of benzene rings is 6. The summed E-state index contributed by atoms with van der Waals surface area (Å²) in [5.74, 6) is 1.91. The Morgan fingerprint density at radius 2 is 0.891 bits per heavy atom. The summed E-state index contributed by atoms with van der Waals surface area (Å²) in [5.41, 5.74) is 7.11. The molecule has 0 amide bonds. The van der Waals surface area contributed by atoms with E-state index in [0.717, 1.165) is 33.2 Å². The molecule has 0 N–H and O–H groups in total. The summed E-state index contributed by atoms with van der Waals surface area (Å²) >= 11 is 0. The van der Waals surface area contributed by atoms with Crippen LogP contribution in [0.15, 0.2) is 164 Å². The molecule has 0 atom stereocenters. The van der Waals surface area contributed by atoms with Gasteiger partial charge in [0, 0.05) is 22.4 Å². The minimum atomic E-state index is -2.70. The molecule has 0 saturated heterocycles. The molecule has 0 unspecified atom stereocenters. The maximum absolute atomic E-state index is 5.52. The van der Waals surface area contributed by atoms with Crippen LogP contribution >= 0.6 is 0 Å². The van der Waals surface area contributed by atoms with Crippen LogP contribution in [0.5, 0.6) is 0 Å². The lowest BCUT2D eigenvalue weighted by molar-refractivity contribution is 1.07. The van der Waals surface area contributed by atoms with E-state index in [2.05, 4.69) is 108 Å². The first kappa shape index (κ1) is 26.4. The van der Waals surface area contributed by atoms with Crippen LogP contribution in [0.2, 0.25) is 0 Å². The molecule has 5 nitrogen and oxygen atoms in total. The predicted molar refractivity (Wildman–Crippen MR) is 188 cm³/mol. The summed E-state index contributed by atoms with van der Waals surface area (Å²) in [6, 6.07) is 57.3. The first-order chi connectivity index (χ1) is 22.8. The van der Waals surface area contributed by atoms with Gasteiger partial charge in [-0.3, -0.25) is 4.57 Å². The van der Waals surface area contributed by atoms with Crippen molar-refractivity contribution in [3.05, 3.63) is 164 Å². The molecule has 6 aromatic carbocycles. The van der Waals surface area contributed by atoms with Crippen LogP contribution in [-0.4, -0.2) is 32.6 Å². The second-order valence-electron chi connectivity index (χ2n) is 11.5. The molecule has 9 rings (SSSR count). The number of hydrogen-bond donors (Lipinski definition) is 0. The fraction of sp³-hybridized carbons (Fsp3) is 0. The molecule has 0 spiro atoms. The van der Waals surface area contributed by atoms with E-state index in [0.29, 0.717) is 17.5 Å². The highest BCUT2D eigenvalue weighted by atomic mass is 28.3. The molecule has 3 heterocycles. The lowest BCUT2D eigenvalue weighted by Gasteiger charge is -2.28. The van der Waals surface area contributed by atoms with Gasteiger partial charge in [-0.2, -0.15) is 0 Å². The highest BCUT2D eigenvalue weighted by molar-refractivity contribution is 7.20. The summed E-state index contributed by atoms with van der Waals surface area (Å²) < 4.78 is 2.39. The van der Waals surface area contributed by atoms with Crippen molar-refractivity contribution < 1.29 is 0 Å². The molecule has 0 fully saturated rings. The first-order valence-electron chi connectivity index (χ1n) is 15.4. The van der Waals surface area contributed by atoms with Crippen molar-refractivity contribution >= 4 is 40.1 Å². The zero-order valence-electron chi connectivity index (χ0n) is 24.8. The number of imidazole rings is 1. The summed E-state index contributed by atoms with van der Waals surface area (Å²) in [7, 11) is -2.70. The normalized spacial score (nSPS) is 13.0. The van der Waals surface area contributed by atoms with E-state index < -0.39 is 8.07 Å². The van der Waals surface area contributed by atoms with Crippen molar-refractivity contribution in [2.45, 2.75) is 0 Å². The largest absolute Gasteiger partial charge is 0.299 e. The number of fused-ring (bicyclic) bond motifs is 5. The van der Waals surface area contributed by atoms with Gasteiger partial charge in [-0.05, 0) is 39.8 Å². The number of para-hydroxylation sites is 1.